The second kappa shape index (κ2) is 5.97. The molecule has 0 saturated heterocycles. The van der Waals surface area contributed by atoms with E-state index < -0.39 is 0 Å². The zero-order valence-electron chi connectivity index (χ0n) is 12.9. The molecule has 0 fully saturated rings. The Balaban J connectivity index is 1.63. The fourth-order valence-corrected chi connectivity index (χ4v) is 3.22. The molecule has 0 saturated carbocycles. The third-order valence-electron chi connectivity index (χ3n) is 4.46. The number of nitrogens with two attached hydrogens (primary N) is 1. The van der Waals surface area contributed by atoms with Crippen LogP contribution in [-0.4, -0.2) is 24.7 Å². The van der Waals surface area contributed by atoms with E-state index in [9.17, 15) is 0 Å². The molecule has 4 rings (SSSR count). The van der Waals surface area contributed by atoms with Crippen LogP contribution in [0.3, 0.4) is 0 Å². The van der Waals surface area contributed by atoms with Crippen molar-refractivity contribution in [3.05, 3.63) is 59.8 Å². The molecule has 3 aromatic rings. The Hall–Kier alpha value is -2.46. The van der Waals surface area contributed by atoms with E-state index in [0.717, 1.165) is 17.9 Å². The Morgan fingerprint density at radius 3 is 2.74 bits per heavy atom. The molecule has 1 unspecified atom stereocenters. The molecule has 118 valence electrons. The average molecular weight is 308 g/mol. The minimum Gasteiger partial charge on any atom is -0.486 e. The van der Waals surface area contributed by atoms with E-state index in [2.05, 4.69) is 41.5 Å². The number of rotatable bonds is 4. The summed E-state index contributed by atoms with van der Waals surface area (Å²) in [7, 11) is 0. The van der Waals surface area contributed by atoms with Crippen molar-refractivity contribution in [3.63, 3.8) is 0 Å². The summed E-state index contributed by atoms with van der Waals surface area (Å²) in [5.41, 5.74) is 9.72. The SMILES string of the molecule is NCC(Cc1c[nH]c2ccccc12)c1ccc2c(c1)OCCO2. The van der Waals surface area contributed by atoms with E-state index in [1.807, 2.05) is 12.1 Å². The lowest BCUT2D eigenvalue weighted by molar-refractivity contribution is 0.171. The summed E-state index contributed by atoms with van der Waals surface area (Å²) in [5, 5.41) is 1.27. The van der Waals surface area contributed by atoms with Crippen molar-refractivity contribution in [2.45, 2.75) is 12.3 Å². The number of nitrogens with one attached hydrogen (secondary N) is 1. The molecule has 0 bridgehead atoms. The van der Waals surface area contributed by atoms with Gasteiger partial charge in [0.15, 0.2) is 11.5 Å². The predicted octanol–water partition coefficient (Wildman–Crippen LogP) is 3.22. The standard InChI is InChI=1S/C19H20N2O2/c20-11-14(9-15-12-21-17-4-2-1-3-16(15)17)13-5-6-18-19(10-13)23-8-7-22-18/h1-6,10,12,14,21H,7-9,11,20H2. The number of fused-ring (bicyclic) bond motifs is 2. The lowest BCUT2D eigenvalue weighted by Crippen LogP contribution is -2.18. The number of hydrogen-bond acceptors (Lipinski definition) is 3. The van der Waals surface area contributed by atoms with E-state index in [1.165, 1.54) is 22.0 Å². The van der Waals surface area contributed by atoms with Crippen LogP contribution in [0.25, 0.3) is 10.9 Å². The fraction of sp³-hybridized carbons (Fsp3) is 0.263. The van der Waals surface area contributed by atoms with Gasteiger partial charge in [-0.25, -0.2) is 0 Å². The molecule has 1 aliphatic rings. The first-order chi connectivity index (χ1) is 11.3. The first kappa shape index (κ1) is 14.2. The molecule has 23 heavy (non-hydrogen) atoms. The molecule has 2 aromatic carbocycles. The van der Waals surface area contributed by atoms with Crippen LogP contribution in [0.5, 0.6) is 11.5 Å². The second-order valence-electron chi connectivity index (χ2n) is 5.90. The predicted molar refractivity (Wildman–Crippen MR) is 91.2 cm³/mol. The van der Waals surface area contributed by atoms with Crippen molar-refractivity contribution < 1.29 is 9.47 Å². The van der Waals surface area contributed by atoms with Gasteiger partial charge >= 0.3 is 0 Å². The quantitative estimate of drug-likeness (QED) is 0.778. The van der Waals surface area contributed by atoms with E-state index >= 15 is 0 Å². The Morgan fingerprint density at radius 1 is 1.04 bits per heavy atom. The molecule has 1 aromatic heterocycles. The third-order valence-corrected chi connectivity index (χ3v) is 4.46. The minimum atomic E-state index is 0.255. The van der Waals surface area contributed by atoms with Crippen molar-refractivity contribution in [1.82, 2.24) is 4.98 Å². The van der Waals surface area contributed by atoms with Gasteiger partial charge in [0.2, 0.25) is 0 Å². The van der Waals surface area contributed by atoms with Gasteiger partial charge in [0.05, 0.1) is 0 Å². The molecule has 0 amide bonds. The van der Waals surface area contributed by atoms with Gasteiger partial charge in [-0.05, 0) is 42.3 Å². The van der Waals surface area contributed by atoms with E-state index in [4.69, 9.17) is 15.2 Å². The van der Waals surface area contributed by atoms with Crippen molar-refractivity contribution in [1.29, 1.82) is 0 Å². The van der Waals surface area contributed by atoms with Crippen LogP contribution in [0, 0.1) is 0 Å². The van der Waals surface area contributed by atoms with Gasteiger partial charge in [0.1, 0.15) is 13.2 Å². The summed E-state index contributed by atoms with van der Waals surface area (Å²) in [4.78, 5) is 3.33. The molecule has 2 heterocycles. The Kier molecular flexibility index (Phi) is 3.67. The molecular weight excluding hydrogens is 288 g/mol. The first-order valence-corrected chi connectivity index (χ1v) is 8.00. The molecule has 4 heteroatoms. The van der Waals surface area contributed by atoms with E-state index in [-0.39, 0.29) is 5.92 Å². The van der Waals surface area contributed by atoms with Crippen molar-refractivity contribution >= 4 is 10.9 Å². The molecule has 3 N–H and O–H groups in total. The number of hydrogen-bond donors (Lipinski definition) is 2. The summed E-state index contributed by atoms with van der Waals surface area (Å²) >= 11 is 0. The van der Waals surface area contributed by atoms with Crippen LogP contribution < -0.4 is 15.2 Å². The summed E-state index contributed by atoms with van der Waals surface area (Å²) in [6.07, 6.45) is 2.99. The van der Waals surface area contributed by atoms with Gasteiger partial charge in [0, 0.05) is 23.0 Å². The van der Waals surface area contributed by atoms with Gasteiger partial charge in [-0.3, -0.25) is 0 Å². The van der Waals surface area contributed by atoms with Crippen molar-refractivity contribution in [2.24, 2.45) is 5.73 Å². The Labute approximate surface area is 135 Å². The maximum Gasteiger partial charge on any atom is 0.161 e. The Bertz CT molecular complexity index is 825. The molecule has 1 aliphatic heterocycles. The maximum atomic E-state index is 6.06. The highest BCUT2D eigenvalue weighted by Gasteiger charge is 2.17. The number of aromatic nitrogens is 1. The number of benzene rings is 2. The highest BCUT2D eigenvalue weighted by molar-refractivity contribution is 5.83. The zero-order valence-corrected chi connectivity index (χ0v) is 12.9. The van der Waals surface area contributed by atoms with Gasteiger partial charge in [-0.1, -0.05) is 24.3 Å². The van der Waals surface area contributed by atoms with Gasteiger partial charge in [-0.2, -0.15) is 0 Å². The molecule has 0 spiro atoms. The monoisotopic (exact) mass is 308 g/mol. The first-order valence-electron chi connectivity index (χ1n) is 8.00. The van der Waals surface area contributed by atoms with Crippen LogP contribution >= 0.6 is 0 Å². The summed E-state index contributed by atoms with van der Waals surface area (Å²) < 4.78 is 11.3. The van der Waals surface area contributed by atoms with Gasteiger partial charge in [-0.15, -0.1) is 0 Å². The average Bonchev–Trinajstić information content (AvgIpc) is 3.02. The largest absolute Gasteiger partial charge is 0.486 e. The smallest absolute Gasteiger partial charge is 0.161 e. The van der Waals surface area contributed by atoms with Crippen molar-refractivity contribution in [2.75, 3.05) is 19.8 Å². The second-order valence-corrected chi connectivity index (χ2v) is 5.90. The highest BCUT2D eigenvalue weighted by Crippen LogP contribution is 2.34. The summed E-state index contributed by atoms with van der Waals surface area (Å²) in [6, 6.07) is 14.5. The number of ether oxygens (including phenoxy) is 2. The third kappa shape index (κ3) is 2.66. The fourth-order valence-electron chi connectivity index (χ4n) is 3.22. The lowest BCUT2D eigenvalue weighted by atomic mass is 9.91. The summed E-state index contributed by atoms with van der Waals surface area (Å²) in [6.45, 7) is 1.81. The van der Waals surface area contributed by atoms with Crippen molar-refractivity contribution in [3.8, 4) is 11.5 Å². The van der Waals surface area contributed by atoms with Gasteiger partial charge < -0.3 is 20.2 Å². The summed E-state index contributed by atoms with van der Waals surface area (Å²) in [5.74, 6) is 1.90. The van der Waals surface area contributed by atoms with Crippen LogP contribution in [0.1, 0.15) is 17.0 Å². The highest BCUT2D eigenvalue weighted by atomic mass is 16.6. The van der Waals surface area contributed by atoms with E-state index in [1.54, 1.807) is 0 Å². The maximum absolute atomic E-state index is 6.06. The molecular formula is C19H20N2O2. The molecule has 0 radical (unpaired) electrons. The van der Waals surface area contributed by atoms with Crippen LogP contribution in [0.4, 0.5) is 0 Å². The Morgan fingerprint density at radius 2 is 1.87 bits per heavy atom. The molecule has 4 nitrogen and oxygen atoms in total. The zero-order chi connectivity index (χ0) is 15.6. The number of aromatic amines is 1. The van der Waals surface area contributed by atoms with Crippen LogP contribution in [-0.2, 0) is 6.42 Å². The van der Waals surface area contributed by atoms with E-state index in [0.29, 0.717) is 19.8 Å². The topological polar surface area (TPSA) is 60.3 Å². The lowest BCUT2D eigenvalue weighted by Gasteiger charge is -2.21. The minimum absolute atomic E-state index is 0.255. The van der Waals surface area contributed by atoms with Crippen LogP contribution in [0.15, 0.2) is 48.7 Å². The number of H-pyrrole nitrogens is 1. The molecule has 1 atom stereocenters. The number of para-hydroxylation sites is 1. The molecule has 0 aliphatic carbocycles. The normalized spacial score (nSPS) is 14.8. The van der Waals surface area contributed by atoms with Crippen LogP contribution in [0.2, 0.25) is 0 Å². The van der Waals surface area contributed by atoms with Gasteiger partial charge in [0.25, 0.3) is 0 Å².